The molecule has 0 aliphatic heterocycles. The standard InChI is InChI=1S/C12H9F3N2O2S/c13-9-3-1-7(5-11(9)15)17-20(18,19)8-2-4-10(14)12(16)6-8/h1-6,17H,16H2. The maximum atomic E-state index is 13.0. The molecule has 2 rings (SSSR count). The molecule has 2 aromatic rings. The van der Waals surface area contributed by atoms with Crippen LogP contribution in [0.25, 0.3) is 0 Å². The van der Waals surface area contributed by atoms with Gasteiger partial charge in [-0.3, -0.25) is 4.72 Å². The van der Waals surface area contributed by atoms with Gasteiger partial charge in [0.05, 0.1) is 16.3 Å². The van der Waals surface area contributed by atoms with Crippen molar-refractivity contribution in [2.24, 2.45) is 0 Å². The zero-order chi connectivity index (χ0) is 14.9. The molecule has 0 fully saturated rings. The summed E-state index contributed by atoms with van der Waals surface area (Å²) in [5, 5.41) is 0. The summed E-state index contributed by atoms with van der Waals surface area (Å²) in [6.07, 6.45) is 0. The Morgan fingerprint density at radius 3 is 2.15 bits per heavy atom. The van der Waals surface area contributed by atoms with Crippen molar-refractivity contribution >= 4 is 21.4 Å². The van der Waals surface area contributed by atoms with E-state index in [1.54, 1.807) is 0 Å². The molecule has 106 valence electrons. The van der Waals surface area contributed by atoms with E-state index in [0.29, 0.717) is 6.07 Å². The number of halogens is 3. The summed E-state index contributed by atoms with van der Waals surface area (Å²) in [7, 11) is -4.07. The average molecular weight is 302 g/mol. The van der Waals surface area contributed by atoms with Gasteiger partial charge in [0.1, 0.15) is 5.82 Å². The summed E-state index contributed by atoms with van der Waals surface area (Å²) >= 11 is 0. The SMILES string of the molecule is Nc1cc(S(=O)(=O)Nc2ccc(F)c(F)c2)ccc1F. The van der Waals surface area contributed by atoms with Gasteiger partial charge in [-0.1, -0.05) is 0 Å². The Bertz CT molecular complexity index is 763. The summed E-state index contributed by atoms with van der Waals surface area (Å²) in [6.45, 7) is 0. The number of benzene rings is 2. The van der Waals surface area contributed by atoms with Crippen molar-refractivity contribution in [1.29, 1.82) is 0 Å². The zero-order valence-corrected chi connectivity index (χ0v) is 10.7. The Morgan fingerprint density at radius 2 is 1.55 bits per heavy atom. The summed E-state index contributed by atoms with van der Waals surface area (Å²) in [6, 6.07) is 5.37. The molecule has 2 aromatic carbocycles. The Morgan fingerprint density at radius 1 is 0.900 bits per heavy atom. The van der Waals surface area contributed by atoms with Crippen LogP contribution >= 0.6 is 0 Å². The van der Waals surface area contributed by atoms with Gasteiger partial charge in [-0.05, 0) is 30.3 Å². The lowest BCUT2D eigenvalue weighted by atomic mass is 10.3. The molecule has 0 saturated heterocycles. The maximum Gasteiger partial charge on any atom is 0.261 e. The van der Waals surface area contributed by atoms with Crippen LogP contribution in [0.5, 0.6) is 0 Å². The molecule has 0 atom stereocenters. The molecule has 0 unspecified atom stereocenters. The maximum absolute atomic E-state index is 13.0. The first-order chi connectivity index (χ1) is 9.29. The molecule has 20 heavy (non-hydrogen) atoms. The highest BCUT2D eigenvalue weighted by Gasteiger charge is 2.16. The largest absolute Gasteiger partial charge is 0.396 e. The van der Waals surface area contributed by atoms with Gasteiger partial charge in [-0.15, -0.1) is 0 Å². The van der Waals surface area contributed by atoms with Crippen molar-refractivity contribution in [3.63, 3.8) is 0 Å². The lowest BCUT2D eigenvalue weighted by Crippen LogP contribution is -2.13. The molecule has 0 aliphatic carbocycles. The molecule has 0 saturated carbocycles. The molecule has 0 spiro atoms. The van der Waals surface area contributed by atoms with Crippen molar-refractivity contribution in [1.82, 2.24) is 0 Å². The van der Waals surface area contributed by atoms with E-state index in [1.807, 2.05) is 4.72 Å². The van der Waals surface area contributed by atoms with E-state index in [1.165, 1.54) is 0 Å². The fourth-order valence-corrected chi connectivity index (χ4v) is 2.55. The topological polar surface area (TPSA) is 72.2 Å². The molecule has 3 N–H and O–H groups in total. The molecule has 0 amide bonds. The number of hydrogen-bond donors (Lipinski definition) is 2. The van der Waals surface area contributed by atoms with Gasteiger partial charge < -0.3 is 5.73 Å². The Hall–Kier alpha value is -2.22. The van der Waals surface area contributed by atoms with E-state index in [4.69, 9.17) is 5.73 Å². The second-order valence-electron chi connectivity index (χ2n) is 3.92. The second-order valence-corrected chi connectivity index (χ2v) is 5.60. The minimum atomic E-state index is -4.07. The smallest absolute Gasteiger partial charge is 0.261 e. The lowest BCUT2D eigenvalue weighted by Gasteiger charge is -2.09. The van der Waals surface area contributed by atoms with Crippen LogP contribution in [-0.2, 0) is 10.0 Å². The Balaban J connectivity index is 2.35. The van der Waals surface area contributed by atoms with Gasteiger partial charge in [0.15, 0.2) is 11.6 Å². The molecular formula is C12H9F3N2O2S. The van der Waals surface area contributed by atoms with Crippen molar-refractivity contribution in [3.8, 4) is 0 Å². The molecule has 0 heterocycles. The second kappa shape index (κ2) is 5.04. The van der Waals surface area contributed by atoms with Gasteiger partial charge in [-0.2, -0.15) is 0 Å². The predicted octanol–water partition coefficient (Wildman–Crippen LogP) is 2.49. The third-order valence-electron chi connectivity index (χ3n) is 2.45. The zero-order valence-electron chi connectivity index (χ0n) is 9.90. The highest BCUT2D eigenvalue weighted by atomic mass is 32.2. The van der Waals surface area contributed by atoms with Gasteiger partial charge in [0.2, 0.25) is 0 Å². The van der Waals surface area contributed by atoms with Gasteiger partial charge in [-0.25, -0.2) is 21.6 Å². The van der Waals surface area contributed by atoms with Crippen LogP contribution in [0.15, 0.2) is 41.3 Å². The van der Waals surface area contributed by atoms with Crippen LogP contribution in [0, 0.1) is 17.5 Å². The highest BCUT2D eigenvalue weighted by Crippen LogP contribution is 2.21. The van der Waals surface area contributed by atoms with Crippen LogP contribution in [-0.4, -0.2) is 8.42 Å². The normalized spacial score (nSPS) is 11.3. The van der Waals surface area contributed by atoms with Gasteiger partial charge >= 0.3 is 0 Å². The van der Waals surface area contributed by atoms with Crippen molar-refractivity contribution < 1.29 is 21.6 Å². The van der Waals surface area contributed by atoms with Gasteiger partial charge in [0, 0.05) is 6.07 Å². The Kier molecular flexibility index (Phi) is 3.58. The first-order valence-electron chi connectivity index (χ1n) is 5.32. The van der Waals surface area contributed by atoms with E-state index >= 15 is 0 Å². The molecule has 0 aromatic heterocycles. The van der Waals surface area contributed by atoms with E-state index in [-0.39, 0.29) is 16.3 Å². The van der Waals surface area contributed by atoms with Crippen molar-refractivity contribution in [3.05, 3.63) is 53.8 Å². The average Bonchev–Trinajstić information content (AvgIpc) is 2.37. The number of nitrogens with one attached hydrogen (secondary N) is 1. The minimum absolute atomic E-state index is 0.160. The highest BCUT2D eigenvalue weighted by molar-refractivity contribution is 7.92. The quantitative estimate of drug-likeness (QED) is 0.856. The summed E-state index contributed by atoms with van der Waals surface area (Å²) in [5.41, 5.74) is 4.78. The molecule has 0 radical (unpaired) electrons. The fraction of sp³-hybridized carbons (Fsp3) is 0. The lowest BCUT2D eigenvalue weighted by molar-refractivity contribution is 0.509. The number of hydrogen-bond acceptors (Lipinski definition) is 3. The monoisotopic (exact) mass is 302 g/mol. The van der Waals surface area contributed by atoms with E-state index < -0.39 is 27.5 Å². The minimum Gasteiger partial charge on any atom is -0.396 e. The van der Waals surface area contributed by atoms with Crippen LogP contribution in [0.1, 0.15) is 0 Å². The molecule has 4 nitrogen and oxygen atoms in total. The fourth-order valence-electron chi connectivity index (χ4n) is 1.46. The van der Waals surface area contributed by atoms with Crippen molar-refractivity contribution in [2.45, 2.75) is 4.90 Å². The van der Waals surface area contributed by atoms with Crippen LogP contribution in [0.4, 0.5) is 24.5 Å². The van der Waals surface area contributed by atoms with E-state index in [2.05, 4.69) is 0 Å². The summed E-state index contributed by atoms with van der Waals surface area (Å²) in [5.74, 6) is -3.04. The summed E-state index contributed by atoms with van der Waals surface area (Å²) < 4.78 is 64.7. The first-order valence-corrected chi connectivity index (χ1v) is 6.81. The van der Waals surface area contributed by atoms with Crippen molar-refractivity contribution in [2.75, 3.05) is 10.5 Å². The molecular weight excluding hydrogens is 293 g/mol. The molecule has 0 bridgehead atoms. The predicted molar refractivity (Wildman–Crippen MR) is 68.0 cm³/mol. The third kappa shape index (κ3) is 2.85. The van der Waals surface area contributed by atoms with E-state index in [0.717, 1.165) is 30.3 Å². The number of rotatable bonds is 3. The van der Waals surface area contributed by atoms with Gasteiger partial charge in [0.25, 0.3) is 10.0 Å². The first kappa shape index (κ1) is 14.2. The van der Waals surface area contributed by atoms with Crippen LogP contribution in [0.2, 0.25) is 0 Å². The van der Waals surface area contributed by atoms with Crippen LogP contribution in [0.3, 0.4) is 0 Å². The van der Waals surface area contributed by atoms with Crippen LogP contribution < -0.4 is 10.5 Å². The number of nitrogen functional groups attached to an aromatic ring is 1. The number of sulfonamides is 1. The Labute approximate surface area is 113 Å². The molecule has 0 aliphatic rings. The summed E-state index contributed by atoms with van der Waals surface area (Å²) in [4.78, 5) is -0.291. The molecule has 8 heteroatoms. The number of nitrogens with two attached hydrogens (primary N) is 1. The third-order valence-corrected chi connectivity index (χ3v) is 3.83. The number of anilines is 2. The van der Waals surface area contributed by atoms with E-state index in [9.17, 15) is 21.6 Å².